The number of phenols is 1. The predicted octanol–water partition coefficient (Wildman–Crippen LogP) is 6.64. The van der Waals surface area contributed by atoms with Crippen LogP contribution in [0.15, 0.2) is 24.3 Å². The third kappa shape index (κ3) is 5.14. The maximum atomic E-state index is 14.4. The van der Waals surface area contributed by atoms with Crippen LogP contribution in [0.4, 0.5) is 4.39 Å². The minimum absolute atomic E-state index is 0.0265. The lowest BCUT2D eigenvalue weighted by atomic mass is 9.87. The number of fused-ring (bicyclic) bond motifs is 1. The second-order valence-electron chi connectivity index (χ2n) is 8.22. The van der Waals surface area contributed by atoms with Crippen molar-refractivity contribution in [3.05, 3.63) is 57.9 Å². The van der Waals surface area contributed by atoms with Crippen molar-refractivity contribution in [2.45, 2.75) is 59.3 Å². The molecular formula is C24H32FO5P. The van der Waals surface area contributed by atoms with E-state index in [4.69, 9.17) is 13.8 Å². The fourth-order valence-electron chi connectivity index (χ4n) is 4.34. The van der Waals surface area contributed by atoms with E-state index in [1.165, 1.54) is 11.6 Å². The van der Waals surface area contributed by atoms with Gasteiger partial charge in [-0.3, -0.25) is 4.57 Å². The molecule has 1 N–H and O–H groups in total. The van der Waals surface area contributed by atoms with Crippen molar-refractivity contribution in [3.63, 3.8) is 0 Å². The Kier molecular flexibility index (Phi) is 7.46. The molecule has 0 spiro atoms. The van der Waals surface area contributed by atoms with Gasteiger partial charge in [0, 0.05) is 5.92 Å². The number of ether oxygens (including phenoxy) is 1. The smallest absolute Gasteiger partial charge is 0.367 e. The van der Waals surface area contributed by atoms with Crippen LogP contribution in [0.1, 0.15) is 73.8 Å². The molecule has 0 fully saturated rings. The summed E-state index contributed by atoms with van der Waals surface area (Å²) in [6.07, 6.45) is 1.56. The molecule has 31 heavy (non-hydrogen) atoms. The Morgan fingerprint density at radius 2 is 1.84 bits per heavy atom. The van der Waals surface area contributed by atoms with E-state index in [1.54, 1.807) is 13.8 Å². The topological polar surface area (TPSA) is 65.0 Å². The van der Waals surface area contributed by atoms with Crippen molar-refractivity contribution < 1.29 is 27.8 Å². The molecule has 1 aliphatic carbocycles. The van der Waals surface area contributed by atoms with E-state index in [2.05, 4.69) is 0 Å². The van der Waals surface area contributed by atoms with Gasteiger partial charge in [0.2, 0.25) is 0 Å². The van der Waals surface area contributed by atoms with Gasteiger partial charge in [0.05, 0.1) is 13.2 Å². The van der Waals surface area contributed by atoms with Gasteiger partial charge < -0.3 is 18.9 Å². The van der Waals surface area contributed by atoms with Crippen molar-refractivity contribution in [3.8, 4) is 11.5 Å². The number of rotatable bonds is 9. The molecule has 0 bridgehead atoms. The van der Waals surface area contributed by atoms with E-state index >= 15 is 0 Å². The molecule has 0 amide bonds. The number of benzene rings is 2. The van der Waals surface area contributed by atoms with Gasteiger partial charge in [-0.1, -0.05) is 19.9 Å². The molecule has 3 rings (SSSR count). The van der Waals surface area contributed by atoms with Gasteiger partial charge in [0.25, 0.3) is 0 Å². The molecule has 7 heteroatoms. The van der Waals surface area contributed by atoms with Crippen LogP contribution < -0.4 is 4.74 Å². The Hall–Kier alpha value is -1.88. The van der Waals surface area contributed by atoms with Gasteiger partial charge in [-0.25, -0.2) is 4.39 Å². The van der Waals surface area contributed by atoms with E-state index in [9.17, 15) is 14.1 Å². The monoisotopic (exact) mass is 450 g/mol. The molecule has 0 aliphatic heterocycles. The summed E-state index contributed by atoms with van der Waals surface area (Å²) >= 11 is 0. The van der Waals surface area contributed by atoms with Crippen LogP contribution in [0.5, 0.6) is 11.5 Å². The van der Waals surface area contributed by atoms with Crippen molar-refractivity contribution >= 4 is 7.60 Å². The second kappa shape index (κ2) is 9.72. The lowest BCUT2D eigenvalue weighted by molar-refractivity contribution is 0.197. The average molecular weight is 450 g/mol. The summed E-state index contributed by atoms with van der Waals surface area (Å²) in [5.74, 6) is -0.121. The summed E-state index contributed by atoms with van der Waals surface area (Å²) in [7, 11) is -3.29. The first-order valence-electron chi connectivity index (χ1n) is 10.9. The quantitative estimate of drug-likeness (QED) is 0.434. The van der Waals surface area contributed by atoms with Gasteiger partial charge in [0.15, 0.2) is 17.9 Å². The zero-order valence-corrected chi connectivity index (χ0v) is 19.8. The van der Waals surface area contributed by atoms with E-state index < -0.39 is 13.4 Å². The third-order valence-corrected chi connectivity index (χ3v) is 7.43. The highest BCUT2D eigenvalue weighted by Crippen LogP contribution is 2.49. The minimum atomic E-state index is -3.29. The van der Waals surface area contributed by atoms with Crippen LogP contribution >= 0.6 is 7.60 Å². The minimum Gasteiger partial charge on any atom is -0.505 e. The Morgan fingerprint density at radius 1 is 1.16 bits per heavy atom. The number of phenolic OH excluding ortho intramolecular Hbond substituents is 1. The number of hydrogen-bond acceptors (Lipinski definition) is 5. The van der Waals surface area contributed by atoms with Crippen molar-refractivity contribution in [1.29, 1.82) is 0 Å². The number of aryl methyl sites for hydroxylation is 2. The largest absolute Gasteiger partial charge is 0.505 e. The van der Waals surface area contributed by atoms with Crippen molar-refractivity contribution in [1.82, 2.24) is 0 Å². The molecule has 0 saturated heterocycles. The Labute approximate surface area is 184 Å². The lowest BCUT2D eigenvalue weighted by Gasteiger charge is -2.20. The first-order chi connectivity index (χ1) is 14.7. The summed E-state index contributed by atoms with van der Waals surface area (Å²) in [4.78, 5) is 0. The van der Waals surface area contributed by atoms with Gasteiger partial charge in [-0.2, -0.15) is 0 Å². The molecule has 1 atom stereocenters. The molecule has 2 aromatic rings. The highest BCUT2D eigenvalue weighted by Gasteiger charge is 2.29. The molecule has 1 unspecified atom stereocenters. The van der Waals surface area contributed by atoms with E-state index in [0.717, 1.165) is 29.5 Å². The standard InChI is InChI=1S/C24H32FO5P/c1-6-29-31(27,30-7-2)14-28-19-10-16(5)23-17(11-19)8-9-20(23)18-12-21(15(3)4)24(26)22(25)13-18/h10-13,15,20,26H,6-9,14H2,1-5H3. The maximum absolute atomic E-state index is 14.4. The zero-order chi connectivity index (χ0) is 22.8. The van der Waals surface area contributed by atoms with Gasteiger partial charge in [-0.15, -0.1) is 0 Å². The van der Waals surface area contributed by atoms with Crippen LogP contribution in [-0.2, 0) is 20.0 Å². The lowest BCUT2D eigenvalue weighted by Crippen LogP contribution is -2.07. The molecule has 170 valence electrons. The first kappa shape index (κ1) is 23.8. The zero-order valence-electron chi connectivity index (χ0n) is 18.9. The third-order valence-electron chi connectivity index (χ3n) is 5.68. The molecule has 0 saturated carbocycles. The maximum Gasteiger partial charge on any atom is 0.367 e. The highest BCUT2D eigenvalue weighted by molar-refractivity contribution is 7.53. The molecule has 0 aromatic heterocycles. The Bertz CT molecular complexity index is 978. The van der Waals surface area contributed by atoms with Crippen LogP contribution in [0, 0.1) is 12.7 Å². The van der Waals surface area contributed by atoms with Crippen LogP contribution in [0.2, 0.25) is 0 Å². The van der Waals surface area contributed by atoms with E-state index in [0.29, 0.717) is 11.3 Å². The summed E-state index contributed by atoms with van der Waals surface area (Å²) in [5.41, 5.74) is 4.86. The molecule has 2 aromatic carbocycles. The van der Waals surface area contributed by atoms with Crippen molar-refractivity contribution in [2.24, 2.45) is 0 Å². The summed E-state index contributed by atoms with van der Waals surface area (Å²) in [5, 5.41) is 10.1. The average Bonchev–Trinajstić information content (AvgIpc) is 3.13. The fourth-order valence-corrected chi connectivity index (χ4v) is 5.66. The Morgan fingerprint density at radius 3 is 2.45 bits per heavy atom. The fraction of sp³-hybridized carbons (Fsp3) is 0.500. The number of hydrogen-bond donors (Lipinski definition) is 1. The van der Waals surface area contributed by atoms with Gasteiger partial charge in [-0.05, 0) is 85.5 Å². The highest BCUT2D eigenvalue weighted by atomic mass is 31.2. The Balaban J connectivity index is 1.87. The SMILES string of the molecule is CCOP(=O)(COc1cc(C)c2c(c1)CCC2c1cc(F)c(O)c(C(C)C)c1)OCC. The summed E-state index contributed by atoms with van der Waals surface area (Å²) < 4.78 is 43.5. The van der Waals surface area contributed by atoms with Crippen LogP contribution in [0.3, 0.4) is 0 Å². The van der Waals surface area contributed by atoms with Gasteiger partial charge >= 0.3 is 7.60 Å². The molecule has 0 heterocycles. The molecule has 5 nitrogen and oxygen atoms in total. The van der Waals surface area contributed by atoms with Crippen LogP contribution in [-0.4, -0.2) is 24.7 Å². The summed E-state index contributed by atoms with van der Waals surface area (Å²) in [6, 6.07) is 7.25. The second-order valence-corrected chi connectivity index (χ2v) is 10.2. The number of aromatic hydroxyl groups is 1. The van der Waals surface area contributed by atoms with Crippen molar-refractivity contribution in [2.75, 3.05) is 19.6 Å². The molecule has 0 radical (unpaired) electrons. The van der Waals surface area contributed by atoms with Crippen LogP contribution in [0.25, 0.3) is 0 Å². The van der Waals surface area contributed by atoms with E-state index in [1.807, 2.05) is 39.0 Å². The predicted molar refractivity (Wildman–Crippen MR) is 120 cm³/mol. The summed E-state index contributed by atoms with van der Waals surface area (Å²) in [6.45, 7) is 10.00. The molecule has 1 aliphatic rings. The number of halogens is 1. The normalized spacial score (nSPS) is 16.0. The molecular weight excluding hydrogens is 418 g/mol. The van der Waals surface area contributed by atoms with E-state index in [-0.39, 0.29) is 37.1 Å². The first-order valence-corrected chi connectivity index (χ1v) is 12.6. The van der Waals surface area contributed by atoms with Gasteiger partial charge in [0.1, 0.15) is 5.75 Å².